The highest BCUT2D eigenvalue weighted by Crippen LogP contribution is 2.44. The molecule has 0 saturated carbocycles. The Morgan fingerprint density at radius 3 is 2.78 bits per heavy atom. The number of halogens is 1. The van der Waals surface area contributed by atoms with E-state index in [0.717, 1.165) is 11.3 Å². The van der Waals surface area contributed by atoms with Crippen molar-refractivity contribution in [2.24, 2.45) is 0 Å². The first kappa shape index (κ1) is 12.8. The Kier molecular flexibility index (Phi) is 3.02. The van der Waals surface area contributed by atoms with Gasteiger partial charge in [0.2, 0.25) is 12.5 Å². The average molecular weight is 269 g/mol. The van der Waals surface area contributed by atoms with Crippen molar-refractivity contribution in [3.8, 4) is 0 Å². The Labute approximate surface area is 109 Å². The number of likely N-dealkylation sites (N-methyl/N-ethyl adjacent to an activating group) is 1. The number of hydrogen-bond donors (Lipinski definition) is 0. The number of amides is 1. The third-order valence-electron chi connectivity index (χ3n) is 3.49. The first-order valence-electron chi connectivity index (χ1n) is 5.56. The standard InChI is InChI=1S/C12H13ClN2O3/c1-12(5-6-15(17)18)9-7-8(13)3-4-10(9)14(2)11(12)16/h3-4,7H,5-6H2,1-2H3. The van der Waals surface area contributed by atoms with Gasteiger partial charge >= 0.3 is 0 Å². The number of anilines is 1. The first-order chi connectivity index (χ1) is 8.36. The summed E-state index contributed by atoms with van der Waals surface area (Å²) in [5, 5.41) is 11.1. The van der Waals surface area contributed by atoms with Gasteiger partial charge < -0.3 is 4.90 Å². The number of carbonyl (C=O) groups excluding carboxylic acids is 1. The highest BCUT2D eigenvalue weighted by Gasteiger charge is 2.46. The van der Waals surface area contributed by atoms with E-state index in [-0.39, 0.29) is 18.9 Å². The summed E-state index contributed by atoms with van der Waals surface area (Å²) < 4.78 is 0. The lowest BCUT2D eigenvalue weighted by molar-refractivity contribution is -0.481. The molecule has 0 aliphatic carbocycles. The number of carbonyl (C=O) groups is 1. The average Bonchev–Trinajstić information content (AvgIpc) is 2.50. The zero-order chi connectivity index (χ0) is 13.5. The van der Waals surface area contributed by atoms with Gasteiger partial charge in [-0.2, -0.15) is 0 Å². The normalized spacial score (nSPS) is 22.2. The predicted octanol–water partition coefficient (Wildman–Crippen LogP) is 2.24. The van der Waals surface area contributed by atoms with Crippen molar-refractivity contribution in [3.05, 3.63) is 38.9 Å². The van der Waals surface area contributed by atoms with Gasteiger partial charge in [-0.05, 0) is 30.7 Å². The number of hydrogen-bond acceptors (Lipinski definition) is 3. The van der Waals surface area contributed by atoms with Crippen LogP contribution in [0.2, 0.25) is 5.02 Å². The van der Waals surface area contributed by atoms with Crippen LogP contribution >= 0.6 is 11.6 Å². The molecule has 6 heteroatoms. The molecule has 1 unspecified atom stereocenters. The molecule has 0 fully saturated rings. The number of benzene rings is 1. The molecule has 1 aromatic carbocycles. The molecule has 1 heterocycles. The van der Waals surface area contributed by atoms with E-state index in [9.17, 15) is 14.9 Å². The van der Waals surface area contributed by atoms with Crippen molar-refractivity contribution in [3.63, 3.8) is 0 Å². The van der Waals surface area contributed by atoms with E-state index < -0.39 is 10.3 Å². The van der Waals surface area contributed by atoms with Crippen LogP contribution in [0.1, 0.15) is 18.9 Å². The second-order valence-electron chi connectivity index (χ2n) is 4.66. The van der Waals surface area contributed by atoms with E-state index in [0.29, 0.717) is 5.02 Å². The van der Waals surface area contributed by atoms with Crippen molar-refractivity contribution in [1.29, 1.82) is 0 Å². The Balaban J connectivity index is 2.46. The van der Waals surface area contributed by atoms with E-state index in [1.54, 1.807) is 32.2 Å². The lowest BCUT2D eigenvalue weighted by Crippen LogP contribution is -2.37. The Morgan fingerprint density at radius 2 is 2.17 bits per heavy atom. The van der Waals surface area contributed by atoms with Gasteiger partial charge in [0.25, 0.3) is 0 Å². The van der Waals surface area contributed by atoms with E-state index in [2.05, 4.69) is 0 Å². The molecule has 0 spiro atoms. The number of fused-ring (bicyclic) bond motifs is 1. The van der Waals surface area contributed by atoms with Crippen LogP contribution in [0.25, 0.3) is 0 Å². The summed E-state index contributed by atoms with van der Waals surface area (Å²) in [4.78, 5) is 23.9. The molecule has 2 rings (SSSR count). The van der Waals surface area contributed by atoms with Gasteiger partial charge in [0.1, 0.15) is 0 Å². The molecular weight excluding hydrogens is 256 g/mol. The van der Waals surface area contributed by atoms with E-state index >= 15 is 0 Å². The monoisotopic (exact) mass is 268 g/mol. The van der Waals surface area contributed by atoms with Crippen LogP contribution in [0, 0.1) is 10.1 Å². The molecule has 1 aliphatic heterocycles. The molecule has 18 heavy (non-hydrogen) atoms. The fraction of sp³-hybridized carbons (Fsp3) is 0.417. The lowest BCUT2D eigenvalue weighted by Gasteiger charge is -2.21. The minimum Gasteiger partial charge on any atom is -0.314 e. The van der Waals surface area contributed by atoms with Gasteiger partial charge in [0.15, 0.2) is 0 Å². The predicted molar refractivity (Wildman–Crippen MR) is 68.7 cm³/mol. The number of nitro groups is 1. The number of rotatable bonds is 3. The summed E-state index contributed by atoms with van der Waals surface area (Å²) in [6.45, 7) is 1.50. The summed E-state index contributed by atoms with van der Waals surface area (Å²) >= 11 is 5.95. The minimum absolute atomic E-state index is 0.124. The molecule has 96 valence electrons. The summed E-state index contributed by atoms with van der Waals surface area (Å²) in [5.41, 5.74) is 0.682. The molecule has 0 bridgehead atoms. The highest BCUT2D eigenvalue weighted by atomic mass is 35.5. The van der Waals surface area contributed by atoms with Crippen molar-refractivity contribution >= 4 is 23.2 Å². The molecule has 0 saturated heterocycles. The van der Waals surface area contributed by atoms with Gasteiger partial charge in [-0.25, -0.2) is 0 Å². The van der Waals surface area contributed by atoms with Gasteiger partial charge in [0.05, 0.1) is 5.41 Å². The van der Waals surface area contributed by atoms with Crippen LogP contribution < -0.4 is 4.90 Å². The second-order valence-corrected chi connectivity index (χ2v) is 5.10. The molecule has 1 amide bonds. The van der Waals surface area contributed by atoms with E-state index in [1.807, 2.05) is 0 Å². The lowest BCUT2D eigenvalue weighted by atomic mass is 9.81. The largest absolute Gasteiger partial charge is 0.314 e. The van der Waals surface area contributed by atoms with Crippen LogP contribution in [0.3, 0.4) is 0 Å². The zero-order valence-corrected chi connectivity index (χ0v) is 10.9. The van der Waals surface area contributed by atoms with Gasteiger partial charge in [-0.15, -0.1) is 0 Å². The van der Waals surface area contributed by atoms with Crippen LogP contribution in [-0.2, 0) is 10.2 Å². The Hall–Kier alpha value is -1.62. The minimum atomic E-state index is -0.859. The van der Waals surface area contributed by atoms with Crippen molar-refractivity contribution in [2.75, 3.05) is 18.5 Å². The van der Waals surface area contributed by atoms with Crippen molar-refractivity contribution in [1.82, 2.24) is 0 Å². The summed E-state index contributed by atoms with van der Waals surface area (Å²) in [6.07, 6.45) is 0.177. The van der Waals surface area contributed by atoms with Gasteiger partial charge in [-0.1, -0.05) is 11.6 Å². The fourth-order valence-corrected chi connectivity index (χ4v) is 2.57. The molecule has 0 aromatic heterocycles. The van der Waals surface area contributed by atoms with E-state index in [1.165, 1.54) is 4.90 Å². The van der Waals surface area contributed by atoms with Crippen molar-refractivity contribution in [2.45, 2.75) is 18.8 Å². The fourth-order valence-electron chi connectivity index (χ4n) is 2.39. The quantitative estimate of drug-likeness (QED) is 0.624. The van der Waals surface area contributed by atoms with E-state index in [4.69, 9.17) is 11.6 Å². The maximum Gasteiger partial charge on any atom is 0.237 e. The molecular formula is C12H13ClN2O3. The first-order valence-corrected chi connectivity index (χ1v) is 5.94. The van der Waals surface area contributed by atoms with Crippen LogP contribution in [0.5, 0.6) is 0 Å². The van der Waals surface area contributed by atoms with Crippen LogP contribution in [0.15, 0.2) is 18.2 Å². The van der Waals surface area contributed by atoms with Crippen LogP contribution in [0.4, 0.5) is 5.69 Å². The highest BCUT2D eigenvalue weighted by molar-refractivity contribution is 6.31. The third kappa shape index (κ3) is 1.84. The Morgan fingerprint density at radius 1 is 1.50 bits per heavy atom. The maximum absolute atomic E-state index is 12.3. The smallest absolute Gasteiger partial charge is 0.237 e. The van der Waals surface area contributed by atoms with Crippen LogP contribution in [-0.4, -0.2) is 24.4 Å². The molecule has 5 nitrogen and oxygen atoms in total. The summed E-state index contributed by atoms with van der Waals surface area (Å²) in [5.74, 6) is -0.124. The SMILES string of the molecule is CN1C(=O)C(C)(CC[N+](=O)[O-])c2cc(Cl)ccc21. The molecule has 1 atom stereocenters. The molecule has 0 N–H and O–H groups in total. The number of nitrogens with zero attached hydrogens (tertiary/aromatic N) is 2. The third-order valence-corrected chi connectivity index (χ3v) is 3.72. The summed E-state index contributed by atoms with van der Waals surface area (Å²) in [6, 6.07) is 5.20. The topological polar surface area (TPSA) is 63.5 Å². The second kappa shape index (κ2) is 4.24. The van der Waals surface area contributed by atoms with Crippen molar-refractivity contribution < 1.29 is 9.72 Å². The Bertz CT molecular complexity index is 532. The van der Waals surface area contributed by atoms with Gasteiger partial charge in [-0.3, -0.25) is 14.9 Å². The summed E-state index contributed by atoms with van der Waals surface area (Å²) in [7, 11) is 1.67. The molecule has 1 aliphatic rings. The molecule has 0 radical (unpaired) electrons. The molecule has 1 aromatic rings. The maximum atomic E-state index is 12.3. The zero-order valence-electron chi connectivity index (χ0n) is 10.1. The van der Waals surface area contributed by atoms with Gasteiger partial charge in [0, 0.05) is 29.1 Å².